The average Bonchev–Trinajstić information content (AvgIpc) is 2.96. The molecule has 0 unspecified atom stereocenters. The van der Waals surface area contributed by atoms with E-state index in [1.807, 2.05) is 6.92 Å². The summed E-state index contributed by atoms with van der Waals surface area (Å²) in [6, 6.07) is 11.5. The summed E-state index contributed by atoms with van der Waals surface area (Å²) >= 11 is 0. The zero-order valence-electron chi connectivity index (χ0n) is 15.1. The van der Waals surface area contributed by atoms with Gasteiger partial charge in [0.05, 0.1) is 21.8 Å². The maximum atomic E-state index is 12.7. The van der Waals surface area contributed by atoms with E-state index in [4.69, 9.17) is 0 Å². The summed E-state index contributed by atoms with van der Waals surface area (Å²) in [4.78, 5) is 13.8. The van der Waals surface area contributed by atoms with Gasteiger partial charge in [0.25, 0.3) is 15.9 Å². The molecule has 0 radical (unpaired) electrons. The van der Waals surface area contributed by atoms with Crippen molar-refractivity contribution in [3.8, 4) is 0 Å². The van der Waals surface area contributed by atoms with E-state index < -0.39 is 21.8 Å². The zero-order valence-corrected chi connectivity index (χ0v) is 15.9. The smallest absolute Gasteiger partial charge is 0.308 e. The number of carbonyl (C=O) groups is 1. The van der Waals surface area contributed by atoms with Crippen molar-refractivity contribution in [1.82, 2.24) is 0 Å². The van der Waals surface area contributed by atoms with Gasteiger partial charge in [-0.15, -0.1) is 0 Å². The predicted molar refractivity (Wildman–Crippen MR) is 104 cm³/mol. The van der Waals surface area contributed by atoms with Gasteiger partial charge in [0.15, 0.2) is 0 Å². The minimum absolute atomic E-state index is 0.157. The molecule has 0 fully saturated rings. The molecule has 4 rings (SSSR count). The van der Waals surface area contributed by atoms with E-state index in [9.17, 15) is 26.4 Å². The van der Waals surface area contributed by atoms with Crippen LogP contribution in [-0.2, 0) is 16.2 Å². The molecule has 0 aromatic heterocycles. The fourth-order valence-electron chi connectivity index (χ4n) is 3.48. The highest BCUT2D eigenvalue weighted by Crippen LogP contribution is 2.41. The van der Waals surface area contributed by atoms with E-state index in [2.05, 4.69) is 4.72 Å². The molecule has 150 valence electrons. The van der Waals surface area contributed by atoms with Crippen LogP contribution in [0.4, 0.5) is 24.5 Å². The number of alkyl halides is 3. The predicted octanol–water partition coefficient (Wildman–Crippen LogP) is 4.64. The van der Waals surface area contributed by atoms with Gasteiger partial charge in [-0.25, -0.2) is 8.42 Å². The fraction of sp³-hybridized carbons (Fsp3) is 0.150. The number of hydrogen-bond donors (Lipinski definition) is 1. The fourth-order valence-corrected chi connectivity index (χ4v) is 4.56. The number of carbonyl (C=O) groups excluding carboxylic acids is 1. The lowest BCUT2D eigenvalue weighted by Crippen LogP contribution is -2.25. The Morgan fingerprint density at radius 1 is 1.00 bits per heavy atom. The van der Waals surface area contributed by atoms with Gasteiger partial charge >= 0.3 is 6.18 Å². The number of nitrogens with one attached hydrogen (secondary N) is 1. The lowest BCUT2D eigenvalue weighted by atomic mass is 10.0. The summed E-state index contributed by atoms with van der Waals surface area (Å²) in [6.07, 6.45) is -4.55. The molecule has 0 spiro atoms. The second kappa shape index (κ2) is 6.48. The Kier molecular flexibility index (Phi) is 4.30. The van der Waals surface area contributed by atoms with Crippen LogP contribution in [0.5, 0.6) is 0 Å². The molecule has 9 heteroatoms. The number of anilines is 2. The third kappa shape index (κ3) is 3.11. The van der Waals surface area contributed by atoms with Crippen molar-refractivity contribution in [3.05, 3.63) is 65.7 Å². The molecule has 0 aliphatic carbocycles. The van der Waals surface area contributed by atoms with Crippen molar-refractivity contribution in [2.75, 3.05) is 16.2 Å². The highest BCUT2D eigenvalue weighted by Gasteiger charge is 2.32. The largest absolute Gasteiger partial charge is 0.416 e. The monoisotopic (exact) mass is 420 g/mol. The third-order valence-electron chi connectivity index (χ3n) is 4.84. The molecular formula is C20H15F3N2O3S. The van der Waals surface area contributed by atoms with Crippen LogP contribution >= 0.6 is 0 Å². The molecule has 0 saturated heterocycles. The molecule has 0 saturated carbocycles. The lowest BCUT2D eigenvalue weighted by molar-refractivity contribution is -0.137. The van der Waals surface area contributed by atoms with E-state index in [0.29, 0.717) is 28.6 Å². The number of benzene rings is 3. The highest BCUT2D eigenvalue weighted by atomic mass is 32.2. The molecule has 1 amide bonds. The molecule has 3 aromatic rings. The van der Waals surface area contributed by atoms with Crippen LogP contribution in [0.3, 0.4) is 0 Å². The molecule has 3 aromatic carbocycles. The number of rotatable bonds is 4. The van der Waals surface area contributed by atoms with E-state index >= 15 is 0 Å². The standard InChI is InChI=1S/C20H15F3N2O3S/c1-2-25-17-11-10-16(14-4-3-5-15(18(14)17)19(25)26)24-29(27,28)13-8-6-12(7-9-13)20(21,22)23/h3-11,24H,2H2,1H3. The summed E-state index contributed by atoms with van der Waals surface area (Å²) < 4.78 is 66.0. The SMILES string of the molecule is CCN1C(=O)c2cccc3c(NS(=O)(=O)c4ccc(C(F)(F)F)cc4)ccc1c23. The van der Waals surface area contributed by atoms with Crippen molar-refractivity contribution < 1.29 is 26.4 Å². The summed E-state index contributed by atoms with van der Waals surface area (Å²) in [5, 5.41) is 1.19. The summed E-state index contributed by atoms with van der Waals surface area (Å²) in [5.74, 6) is -0.157. The van der Waals surface area contributed by atoms with Crippen molar-refractivity contribution in [2.24, 2.45) is 0 Å². The van der Waals surface area contributed by atoms with E-state index in [1.54, 1.807) is 35.2 Å². The molecule has 29 heavy (non-hydrogen) atoms. The van der Waals surface area contributed by atoms with Gasteiger partial charge in [0, 0.05) is 22.9 Å². The van der Waals surface area contributed by atoms with E-state index in [-0.39, 0.29) is 16.5 Å². The number of sulfonamides is 1. The van der Waals surface area contributed by atoms with Crippen LogP contribution in [0, 0.1) is 0 Å². The maximum Gasteiger partial charge on any atom is 0.416 e. The minimum atomic E-state index is -4.55. The second-order valence-electron chi connectivity index (χ2n) is 6.54. The minimum Gasteiger partial charge on any atom is -0.308 e. The average molecular weight is 420 g/mol. The van der Waals surface area contributed by atoms with Crippen LogP contribution in [0.2, 0.25) is 0 Å². The van der Waals surface area contributed by atoms with Gasteiger partial charge in [-0.1, -0.05) is 12.1 Å². The molecule has 0 atom stereocenters. The number of halogens is 3. The molecule has 5 nitrogen and oxygen atoms in total. The summed E-state index contributed by atoms with van der Waals surface area (Å²) in [7, 11) is -4.12. The van der Waals surface area contributed by atoms with Crippen LogP contribution in [0.25, 0.3) is 10.8 Å². The Morgan fingerprint density at radius 3 is 2.31 bits per heavy atom. The van der Waals surface area contributed by atoms with Gasteiger partial charge in [-0.3, -0.25) is 9.52 Å². The Balaban J connectivity index is 1.76. The first-order chi connectivity index (χ1) is 13.6. The Hall–Kier alpha value is -3.07. The number of amides is 1. The van der Waals surface area contributed by atoms with Crippen molar-refractivity contribution >= 4 is 38.1 Å². The first kappa shape index (κ1) is 19.3. The third-order valence-corrected chi connectivity index (χ3v) is 6.22. The van der Waals surface area contributed by atoms with E-state index in [0.717, 1.165) is 24.3 Å². The Labute approximate surface area is 164 Å². The van der Waals surface area contributed by atoms with Crippen LogP contribution in [-0.4, -0.2) is 20.9 Å². The normalized spacial score (nSPS) is 13.9. The van der Waals surface area contributed by atoms with Gasteiger partial charge in [-0.2, -0.15) is 13.2 Å². The van der Waals surface area contributed by atoms with Crippen molar-refractivity contribution in [3.63, 3.8) is 0 Å². The van der Waals surface area contributed by atoms with Crippen LogP contribution in [0.1, 0.15) is 22.8 Å². The Morgan fingerprint density at radius 2 is 1.69 bits per heavy atom. The number of hydrogen-bond acceptors (Lipinski definition) is 3. The Bertz CT molecular complexity index is 1240. The van der Waals surface area contributed by atoms with Crippen LogP contribution < -0.4 is 9.62 Å². The molecule has 1 N–H and O–H groups in total. The first-order valence-corrected chi connectivity index (χ1v) is 10.2. The van der Waals surface area contributed by atoms with Crippen LogP contribution in [0.15, 0.2) is 59.5 Å². The lowest BCUT2D eigenvalue weighted by Gasteiger charge is -2.16. The van der Waals surface area contributed by atoms with Crippen molar-refractivity contribution in [2.45, 2.75) is 18.0 Å². The molecule has 1 heterocycles. The summed E-state index contributed by atoms with van der Waals surface area (Å²) in [5.41, 5.74) is 0.492. The van der Waals surface area contributed by atoms with Gasteiger partial charge in [0.2, 0.25) is 0 Å². The molecule has 1 aliphatic rings. The quantitative estimate of drug-likeness (QED) is 0.669. The summed E-state index contributed by atoms with van der Waals surface area (Å²) in [6.45, 7) is 2.32. The van der Waals surface area contributed by atoms with Gasteiger partial charge in [-0.05, 0) is 49.4 Å². The second-order valence-corrected chi connectivity index (χ2v) is 8.22. The van der Waals surface area contributed by atoms with Crippen molar-refractivity contribution in [1.29, 1.82) is 0 Å². The molecule has 0 bridgehead atoms. The number of nitrogens with zero attached hydrogens (tertiary/aromatic N) is 1. The zero-order chi connectivity index (χ0) is 21.0. The highest BCUT2D eigenvalue weighted by molar-refractivity contribution is 7.92. The van der Waals surface area contributed by atoms with Gasteiger partial charge < -0.3 is 4.90 Å². The molecule has 1 aliphatic heterocycles. The topological polar surface area (TPSA) is 66.5 Å². The maximum absolute atomic E-state index is 12.7. The first-order valence-electron chi connectivity index (χ1n) is 8.71. The van der Waals surface area contributed by atoms with Gasteiger partial charge in [0.1, 0.15) is 0 Å². The molecular weight excluding hydrogens is 405 g/mol. The van der Waals surface area contributed by atoms with E-state index in [1.165, 1.54) is 0 Å².